The van der Waals surface area contributed by atoms with Crippen LogP contribution in [0.2, 0.25) is 0 Å². The lowest BCUT2D eigenvalue weighted by atomic mass is 9.77. The molecule has 2 fully saturated rings. The van der Waals surface area contributed by atoms with E-state index in [0.717, 1.165) is 17.7 Å². The van der Waals surface area contributed by atoms with Crippen LogP contribution in [-0.2, 0) is 14.3 Å². The molecule has 3 rings (SSSR count). The van der Waals surface area contributed by atoms with Crippen molar-refractivity contribution in [1.29, 1.82) is 0 Å². The summed E-state index contributed by atoms with van der Waals surface area (Å²) in [5.41, 5.74) is -0.189. The third kappa shape index (κ3) is 3.79. The minimum atomic E-state index is -0.866. The lowest BCUT2D eigenvalue weighted by Gasteiger charge is -2.33. The highest BCUT2D eigenvalue weighted by Crippen LogP contribution is 2.36. The number of amides is 4. The molecule has 1 aromatic rings. The van der Waals surface area contributed by atoms with Crippen molar-refractivity contribution in [3.63, 3.8) is 0 Å². The Labute approximate surface area is 157 Å². The first-order valence-corrected chi connectivity index (χ1v) is 8.97. The minimum Gasteiger partial charge on any atom is -0.465 e. The number of anilines is 1. The van der Waals surface area contributed by atoms with Gasteiger partial charge in [0, 0.05) is 5.69 Å². The normalized spacial score (nSPS) is 24.7. The average molecular weight is 373 g/mol. The number of hydrogen-bond acceptors (Lipinski definition) is 5. The van der Waals surface area contributed by atoms with Crippen molar-refractivity contribution in [3.8, 4) is 0 Å². The summed E-state index contributed by atoms with van der Waals surface area (Å²) in [7, 11) is 1.27. The van der Waals surface area contributed by atoms with Crippen LogP contribution in [0, 0.1) is 5.92 Å². The maximum Gasteiger partial charge on any atom is 0.337 e. The van der Waals surface area contributed by atoms with Crippen molar-refractivity contribution in [3.05, 3.63) is 29.8 Å². The van der Waals surface area contributed by atoms with Crippen LogP contribution in [-0.4, -0.2) is 47.9 Å². The molecule has 0 bridgehead atoms. The van der Waals surface area contributed by atoms with E-state index in [-0.39, 0.29) is 12.5 Å². The third-order valence-electron chi connectivity index (χ3n) is 5.24. The molecule has 0 aromatic heterocycles. The molecule has 0 unspecified atom stereocenters. The summed E-state index contributed by atoms with van der Waals surface area (Å²) in [6.45, 7) is 1.76. The van der Waals surface area contributed by atoms with Gasteiger partial charge in [-0.25, -0.2) is 9.59 Å². The third-order valence-corrected chi connectivity index (χ3v) is 5.24. The van der Waals surface area contributed by atoms with E-state index < -0.39 is 23.4 Å². The van der Waals surface area contributed by atoms with E-state index in [9.17, 15) is 19.2 Å². The number of rotatable bonds is 4. The zero-order valence-electron chi connectivity index (χ0n) is 15.4. The first-order valence-electron chi connectivity index (χ1n) is 8.97. The number of carbonyl (C=O) groups is 4. The highest BCUT2D eigenvalue weighted by molar-refractivity contribution is 6.10. The van der Waals surface area contributed by atoms with E-state index in [0.29, 0.717) is 30.0 Å². The Balaban J connectivity index is 1.65. The molecule has 1 saturated heterocycles. The first kappa shape index (κ1) is 18.9. The summed E-state index contributed by atoms with van der Waals surface area (Å²) < 4.78 is 4.65. The van der Waals surface area contributed by atoms with Gasteiger partial charge < -0.3 is 15.4 Å². The van der Waals surface area contributed by atoms with Crippen molar-refractivity contribution in [1.82, 2.24) is 10.2 Å². The summed E-state index contributed by atoms with van der Waals surface area (Å²) in [5, 5.41) is 5.39. The molecule has 27 heavy (non-hydrogen) atoms. The van der Waals surface area contributed by atoms with E-state index in [1.807, 2.05) is 0 Å². The predicted molar refractivity (Wildman–Crippen MR) is 97.0 cm³/mol. The van der Waals surface area contributed by atoms with Gasteiger partial charge in [-0.05, 0) is 49.8 Å². The molecule has 144 valence electrons. The van der Waals surface area contributed by atoms with Gasteiger partial charge in [0.2, 0.25) is 5.91 Å². The SMILES string of the molecule is COC(=O)c1cccc(NC(=O)CN2C(=O)NC3(CCC(C)CC3)C2=O)c1. The second-order valence-electron chi connectivity index (χ2n) is 7.21. The maximum absolute atomic E-state index is 12.8. The fraction of sp³-hybridized carbons (Fsp3) is 0.474. The van der Waals surface area contributed by atoms with Crippen LogP contribution in [0.5, 0.6) is 0 Å². The number of imide groups is 1. The predicted octanol–water partition coefficient (Wildman–Crippen LogP) is 1.91. The molecule has 2 aliphatic rings. The summed E-state index contributed by atoms with van der Waals surface area (Å²) >= 11 is 0. The van der Waals surface area contributed by atoms with Crippen molar-refractivity contribution >= 4 is 29.5 Å². The van der Waals surface area contributed by atoms with Crippen LogP contribution < -0.4 is 10.6 Å². The monoisotopic (exact) mass is 373 g/mol. The van der Waals surface area contributed by atoms with Gasteiger partial charge in [-0.15, -0.1) is 0 Å². The molecule has 4 amide bonds. The summed E-state index contributed by atoms with van der Waals surface area (Å²) in [6, 6.07) is 5.72. The number of urea groups is 1. The van der Waals surface area contributed by atoms with Crippen LogP contribution in [0.3, 0.4) is 0 Å². The van der Waals surface area contributed by atoms with E-state index in [2.05, 4.69) is 22.3 Å². The van der Waals surface area contributed by atoms with Crippen LogP contribution in [0.15, 0.2) is 24.3 Å². The minimum absolute atomic E-state index is 0.292. The fourth-order valence-electron chi connectivity index (χ4n) is 3.60. The molecule has 0 radical (unpaired) electrons. The van der Waals surface area contributed by atoms with Gasteiger partial charge in [-0.2, -0.15) is 0 Å². The van der Waals surface area contributed by atoms with Gasteiger partial charge in [-0.3, -0.25) is 14.5 Å². The van der Waals surface area contributed by atoms with Crippen molar-refractivity contribution in [2.75, 3.05) is 19.0 Å². The van der Waals surface area contributed by atoms with Gasteiger partial charge in [-0.1, -0.05) is 13.0 Å². The Morgan fingerprint density at radius 1 is 1.30 bits per heavy atom. The van der Waals surface area contributed by atoms with Gasteiger partial charge in [0.05, 0.1) is 12.7 Å². The molecule has 1 aliphatic heterocycles. The molecular weight excluding hydrogens is 350 g/mol. The molecule has 0 atom stereocenters. The van der Waals surface area contributed by atoms with Crippen molar-refractivity contribution < 1.29 is 23.9 Å². The van der Waals surface area contributed by atoms with Crippen LogP contribution in [0.1, 0.15) is 43.0 Å². The standard InChI is InChI=1S/C19H23N3O5/c1-12-6-8-19(9-7-12)17(25)22(18(26)21-19)11-15(23)20-14-5-3-4-13(10-14)16(24)27-2/h3-5,10,12H,6-9,11H2,1-2H3,(H,20,23)(H,21,26). The van der Waals surface area contributed by atoms with Gasteiger partial charge in [0.15, 0.2) is 0 Å². The molecule has 1 heterocycles. The number of carbonyl (C=O) groups excluding carboxylic acids is 4. The molecule has 8 nitrogen and oxygen atoms in total. The van der Waals surface area contributed by atoms with Crippen LogP contribution >= 0.6 is 0 Å². The van der Waals surface area contributed by atoms with Gasteiger partial charge in [0.25, 0.3) is 5.91 Å². The zero-order valence-corrected chi connectivity index (χ0v) is 15.4. The smallest absolute Gasteiger partial charge is 0.337 e. The number of ether oxygens (including phenoxy) is 1. The second-order valence-corrected chi connectivity index (χ2v) is 7.21. The summed E-state index contributed by atoms with van der Waals surface area (Å²) in [4.78, 5) is 49.9. The highest BCUT2D eigenvalue weighted by atomic mass is 16.5. The Morgan fingerprint density at radius 3 is 2.67 bits per heavy atom. The quantitative estimate of drug-likeness (QED) is 0.620. The first-order chi connectivity index (χ1) is 12.8. The van der Waals surface area contributed by atoms with Gasteiger partial charge >= 0.3 is 12.0 Å². The molecule has 8 heteroatoms. The van der Waals surface area contributed by atoms with Gasteiger partial charge in [0.1, 0.15) is 12.1 Å². The van der Waals surface area contributed by atoms with Crippen LogP contribution in [0.4, 0.5) is 10.5 Å². The molecule has 1 aliphatic carbocycles. The van der Waals surface area contributed by atoms with E-state index in [4.69, 9.17) is 0 Å². The molecule has 1 saturated carbocycles. The number of benzene rings is 1. The Hall–Kier alpha value is -2.90. The topological polar surface area (TPSA) is 105 Å². The van der Waals surface area contributed by atoms with Crippen LogP contribution in [0.25, 0.3) is 0 Å². The fourth-order valence-corrected chi connectivity index (χ4v) is 3.60. The number of nitrogens with zero attached hydrogens (tertiary/aromatic N) is 1. The average Bonchev–Trinajstić information content (AvgIpc) is 2.88. The van der Waals surface area contributed by atoms with Crippen molar-refractivity contribution in [2.45, 2.75) is 38.1 Å². The summed E-state index contributed by atoms with van der Waals surface area (Å²) in [5.74, 6) is -0.840. The highest BCUT2D eigenvalue weighted by Gasteiger charge is 2.52. The Bertz CT molecular complexity index is 783. The summed E-state index contributed by atoms with van der Waals surface area (Å²) in [6.07, 6.45) is 2.93. The van der Waals surface area contributed by atoms with E-state index in [1.165, 1.54) is 13.2 Å². The largest absolute Gasteiger partial charge is 0.465 e. The maximum atomic E-state index is 12.8. The molecule has 2 N–H and O–H groups in total. The van der Waals surface area contributed by atoms with E-state index in [1.54, 1.807) is 18.2 Å². The molecule has 1 spiro atoms. The zero-order chi connectivity index (χ0) is 19.6. The number of esters is 1. The second kappa shape index (κ2) is 7.38. The Morgan fingerprint density at radius 2 is 2.00 bits per heavy atom. The number of nitrogens with one attached hydrogen (secondary N) is 2. The molecule has 1 aromatic carbocycles. The van der Waals surface area contributed by atoms with E-state index >= 15 is 0 Å². The Kier molecular flexibility index (Phi) is 5.16. The number of methoxy groups -OCH3 is 1. The lowest BCUT2D eigenvalue weighted by Crippen LogP contribution is -2.49. The molecular formula is C19H23N3O5. The number of hydrogen-bond donors (Lipinski definition) is 2. The van der Waals surface area contributed by atoms with Crippen molar-refractivity contribution in [2.24, 2.45) is 5.92 Å². The lowest BCUT2D eigenvalue weighted by molar-refractivity contribution is -0.135.